The van der Waals surface area contributed by atoms with E-state index in [1.807, 2.05) is 48.5 Å². The highest BCUT2D eigenvalue weighted by molar-refractivity contribution is 8.13. The Bertz CT molecular complexity index is 1100. The van der Waals surface area contributed by atoms with Crippen molar-refractivity contribution < 1.29 is 38.5 Å². The van der Waals surface area contributed by atoms with Crippen LogP contribution in [0, 0.1) is 11.8 Å². The molecule has 1 aliphatic heterocycles. The number of nitrogens with one attached hydrogen (secondary N) is 1. The zero-order chi connectivity index (χ0) is 26.6. The summed E-state index contributed by atoms with van der Waals surface area (Å²) in [4.78, 5) is 47.5. The van der Waals surface area contributed by atoms with Gasteiger partial charge in [-0.25, -0.2) is 0 Å². The van der Waals surface area contributed by atoms with Crippen LogP contribution >= 0.6 is 24.0 Å². The molecule has 0 amide bonds. The molecule has 2 aromatic carbocycles. The molecule has 37 heavy (non-hydrogen) atoms. The summed E-state index contributed by atoms with van der Waals surface area (Å²) in [7, 11) is 0. The minimum atomic E-state index is -1.18. The van der Waals surface area contributed by atoms with E-state index in [1.54, 1.807) is 12.1 Å². The summed E-state index contributed by atoms with van der Waals surface area (Å²) >= 11 is 6.27. The van der Waals surface area contributed by atoms with Crippen LogP contribution in [0.2, 0.25) is 0 Å². The Hall–Kier alpha value is -3.44. The lowest BCUT2D eigenvalue weighted by atomic mass is 9.88. The van der Waals surface area contributed by atoms with E-state index in [1.165, 1.54) is 0 Å². The highest BCUT2D eigenvalue weighted by Crippen LogP contribution is 2.29. The zero-order valence-corrected chi connectivity index (χ0v) is 21.5. The Kier molecular flexibility index (Phi) is 10.9. The van der Waals surface area contributed by atoms with Gasteiger partial charge in [-0.1, -0.05) is 60.3 Å². The van der Waals surface area contributed by atoms with Gasteiger partial charge in [0.2, 0.25) is 0 Å². The van der Waals surface area contributed by atoms with E-state index in [0.717, 1.165) is 17.3 Å². The van der Waals surface area contributed by atoms with Crippen molar-refractivity contribution in [2.45, 2.75) is 31.9 Å². The molecular weight excluding hydrogens is 518 g/mol. The number of benzene rings is 2. The minimum absolute atomic E-state index is 0.0409. The third-order valence-electron chi connectivity index (χ3n) is 5.43. The average Bonchev–Trinajstić information content (AvgIpc) is 2.88. The number of aliphatic carboxylic acids is 1. The molecule has 9 nitrogen and oxygen atoms in total. The topological polar surface area (TPSA) is 128 Å². The van der Waals surface area contributed by atoms with Crippen LogP contribution in [0.3, 0.4) is 0 Å². The second-order valence-electron chi connectivity index (χ2n) is 8.35. The first-order valence-electron chi connectivity index (χ1n) is 11.6. The van der Waals surface area contributed by atoms with Gasteiger partial charge in [0.25, 0.3) is 5.17 Å². The van der Waals surface area contributed by atoms with Gasteiger partial charge in [-0.3, -0.25) is 19.2 Å². The van der Waals surface area contributed by atoms with Crippen LogP contribution < -0.4 is 10.1 Å². The molecule has 1 saturated heterocycles. The second kappa shape index (κ2) is 14.3. The SMILES string of the molecule is O=C(O)CC1CC(CC(=O)SCC(COc2ccccc2)OC(=S)NCc2ccccc2)C(=O)OC1=O. The van der Waals surface area contributed by atoms with Gasteiger partial charge < -0.3 is 24.6 Å². The van der Waals surface area contributed by atoms with E-state index in [-0.39, 0.29) is 35.5 Å². The van der Waals surface area contributed by atoms with E-state index in [9.17, 15) is 19.2 Å². The van der Waals surface area contributed by atoms with Gasteiger partial charge >= 0.3 is 17.9 Å². The molecule has 2 N–H and O–H groups in total. The van der Waals surface area contributed by atoms with Crippen molar-refractivity contribution in [2.24, 2.45) is 11.8 Å². The van der Waals surface area contributed by atoms with Crippen molar-refractivity contribution in [3.8, 4) is 5.75 Å². The molecule has 0 bridgehead atoms. The molecule has 3 atom stereocenters. The quantitative estimate of drug-likeness (QED) is 0.231. The Balaban J connectivity index is 1.53. The molecule has 11 heteroatoms. The maximum atomic E-state index is 12.7. The molecule has 1 fully saturated rings. The summed E-state index contributed by atoms with van der Waals surface area (Å²) in [5.74, 6) is -3.87. The standard InChI is InChI=1S/C26H27NO8S2/c28-22(29)12-18-11-19(25(32)35-24(18)31)13-23(30)37-16-21(15-33-20-9-5-2-6-10-20)34-26(36)27-14-17-7-3-1-4-8-17/h1-10,18-19,21H,11-16H2,(H,27,36)(H,28,29). The predicted molar refractivity (Wildman–Crippen MR) is 140 cm³/mol. The fraction of sp³-hybridized carbons (Fsp3) is 0.346. The summed E-state index contributed by atoms with van der Waals surface area (Å²) in [6, 6.07) is 18.8. The number of esters is 2. The number of thioether (sulfide) groups is 1. The van der Waals surface area contributed by atoms with E-state index >= 15 is 0 Å². The first-order valence-corrected chi connectivity index (χ1v) is 13.0. The number of carbonyl (C=O) groups excluding carboxylic acids is 3. The zero-order valence-electron chi connectivity index (χ0n) is 19.9. The van der Waals surface area contributed by atoms with Gasteiger partial charge in [0.1, 0.15) is 18.5 Å². The highest BCUT2D eigenvalue weighted by Gasteiger charge is 2.39. The molecular formula is C26H27NO8S2. The second-order valence-corrected chi connectivity index (χ2v) is 9.79. The van der Waals surface area contributed by atoms with Crippen LogP contribution in [0.5, 0.6) is 5.75 Å². The fourth-order valence-corrected chi connectivity index (χ4v) is 4.64. The van der Waals surface area contributed by atoms with Gasteiger partial charge in [0.05, 0.1) is 18.3 Å². The summed E-state index contributed by atoms with van der Waals surface area (Å²) in [5, 5.41) is 11.8. The molecule has 3 rings (SSSR count). The Labute approximate surface area is 223 Å². The lowest BCUT2D eigenvalue weighted by Gasteiger charge is -2.25. The first kappa shape index (κ1) is 28.1. The monoisotopic (exact) mass is 545 g/mol. The number of hydrogen-bond donors (Lipinski definition) is 2. The third kappa shape index (κ3) is 9.85. The van der Waals surface area contributed by atoms with Crippen molar-refractivity contribution in [3.63, 3.8) is 0 Å². The number of cyclic esters (lactones) is 2. The van der Waals surface area contributed by atoms with Gasteiger partial charge in [-0.15, -0.1) is 0 Å². The van der Waals surface area contributed by atoms with E-state index < -0.39 is 42.3 Å². The number of hydrogen-bond acceptors (Lipinski definition) is 9. The molecule has 0 aliphatic carbocycles. The van der Waals surface area contributed by atoms with Crippen LogP contribution in [0.25, 0.3) is 0 Å². The third-order valence-corrected chi connectivity index (χ3v) is 6.70. The lowest BCUT2D eigenvalue weighted by Crippen LogP contribution is -2.37. The highest BCUT2D eigenvalue weighted by atomic mass is 32.2. The molecule has 0 aromatic heterocycles. The van der Waals surface area contributed by atoms with Gasteiger partial charge in [0, 0.05) is 18.7 Å². The van der Waals surface area contributed by atoms with E-state index in [4.69, 9.17) is 26.8 Å². The number of ether oxygens (including phenoxy) is 3. The van der Waals surface area contributed by atoms with Crippen molar-refractivity contribution >= 4 is 52.2 Å². The summed E-state index contributed by atoms with van der Waals surface area (Å²) in [5.41, 5.74) is 1.02. The average molecular weight is 546 g/mol. The Morgan fingerprint density at radius 1 is 1.03 bits per heavy atom. The number of carbonyl (C=O) groups is 4. The smallest absolute Gasteiger partial charge is 0.317 e. The van der Waals surface area contributed by atoms with Crippen LogP contribution in [0.15, 0.2) is 60.7 Å². The number of para-hydroxylation sites is 1. The van der Waals surface area contributed by atoms with Crippen molar-refractivity contribution in [3.05, 3.63) is 66.2 Å². The molecule has 0 saturated carbocycles. The van der Waals surface area contributed by atoms with Crippen LogP contribution in [-0.2, 0) is 35.2 Å². The van der Waals surface area contributed by atoms with E-state index in [0.29, 0.717) is 12.3 Å². The molecule has 0 spiro atoms. The van der Waals surface area contributed by atoms with Crippen LogP contribution in [0.1, 0.15) is 24.8 Å². The molecule has 3 unspecified atom stereocenters. The molecule has 0 radical (unpaired) electrons. The van der Waals surface area contributed by atoms with E-state index in [2.05, 4.69) is 10.1 Å². The van der Waals surface area contributed by atoms with Gasteiger partial charge in [-0.2, -0.15) is 0 Å². The molecule has 1 aliphatic rings. The normalized spacial score (nSPS) is 17.8. The summed E-state index contributed by atoms with van der Waals surface area (Å²) in [6.07, 6.45) is -1.26. The molecule has 1 heterocycles. The number of carboxylic acid groups (broad SMARTS) is 1. The van der Waals surface area contributed by atoms with Crippen LogP contribution in [0.4, 0.5) is 0 Å². The fourth-order valence-electron chi connectivity index (χ4n) is 3.58. The Morgan fingerprint density at radius 3 is 2.30 bits per heavy atom. The number of thiocarbonyl (C=S) groups is 1. The van der Waals surface area contributed by atoms with Crippen molar-refractivity contribution in [1.82, 2.24) is 5.32 Å². The molecule has 2 aromatic rings. The number of rotatable bonds is 12. The minimum Gasteiger partial charge on any atom is -0.490 e. The predicted octanol–water partition coefficient (Wildman–Crippen LogP) is 3.36. The summed E-state index contributed by atoms with van der Waals surface area (Å²) < 4.78 is 16.3. The number of carboxylic acids is 1. The van der Waals surface area contributed by atoms with Gasteiger partial charge in [0.15, 0.2) is 5.12 Å². The van der Waals surface area contributed by atoms with Crippen molar-refractivity contribution in [1.29, 1.82) is 0 Å². The maximum Gasteiger partial charge on any atom is 0.317 e. The first-order chi connectivity index (χ1) is 17.8. The lowest BCUT2D eigenvalue weighted by molar-refractivity contribution is -0.174. The largest absolute Gasteiger partial charge is 0.490 e. The summed E-state index contributed by atoms with van der Waals surface area (Å²) in [6.45, 7) is 0.593. The van der Waals surface area contributed by atoms with Gasteiger partial charge in [-0.05, 0) is 36.3 Å². The Morgan fingerprint density at radius 2 is 1.65 bits per heavy atom. The maximum absolute atomic E-state index is 12.7. The molecule has 196 valence electrons. The van der Waals surface area contributed by atoms with Crippen molar-refractivity contribution in [2.75, 3.05) is 12.4 Å². The van der Waals surface area contributed by atoms with Crippen LogP contribution in [-0.4, -0.2) is 51.8 Å².